The summed E-state index contributed by atoms with van der Waals surface area (Å²) in [5.41, 5.74) is 0. The van der Waals surface area contributed by atoms with Crippen molar-refractivity contribution in [3.63, 3.8) is 0 Å². The van der Waals surface area contributed by atoms with Crippen LogP contribution in [-0.4, -0.2) is 21.3 Å². The lowest BCUT2D eigenvalue weighted by Crippen LogP contribution is -2.16. The van der Waals surface area contributed by atoms with Crippen LogP contribution in [0.25, 0.3) is 0 Å². The highest BCUT2D eigenvalue weighted by Gasteiger charge is 2.00. The van der Waals surface area contributed by atoms with Crippen LogP contribution >= 0.6 is 0 Å². The highest BCUT2D eigenvalue weighted by Crippen LogP contribution is 1.96. The van der Waals surface area contributed by atoms with E-state index in [1.165, 1.54) is 0 Å². The van der Waals surface area contributed by atoms with Crippen molar-refractivity contribution in [1.29, 1.82) is 0 Å². The highest BCUT2D eigenvalue weighted by atomic mass is 15.3. The Morgan fingerprint density at radius 3 is 3.23 bits per heavy atom. The standard InChI is InChI=1S/C9H16N4/c1-3-5-10-7-9-12-11-8-13(9)6-4-2/h3,8,10H,1,4-7H2,2H3. The van der Waals surface area contributed by atoms with Gasteiger partial charge in [-0.25, -0.2) is 0 Å². The number of aromatic nitrogens is 3. The van der Waals surface area contributed by atoms with Crippen LogP contribution in [0.2, 0.25) is 0 Å². The van der Waals surface area contributed by atoms with E-state index in [0.717, 1.165) is 31.9 Å². The Morgan fingerprint density at radius 2 is 2.54 bits per heavy atom. The van der Waals surface area contributed by atoms with E-state index in [2.05, 4.69) is 33.6 Å². The first-order chi connectivity index (χ1) is 6.38. The van der Waals surface area contributed by atoms with Crippen LogP contribution in [0, 0.1) is 0 Å². The van der Waals surface area contributed by atoms with Gasteiger partial charge in [-0.1, -0.05) is 13.0 Å². The van der Waals surface area contributed by atoms with Crippen molar-refractivity contribution >= 4 is 0 Å². The molecule has 0 unspecified atom stereocenters. The van der Waals surface area contributed by atoms with E-state index in [9.17, 15) is 0 Å². The molecular formula is C9H16N4. The molecule has 1 rings (SSSR count). The third-order valence-electron chi connectivity index (χ3n) is 1.73. The van der Waals surface area contributed by atoms with Gasteiger partial charge >= 0.3 is 0 Å². The van der Waals surface area contributed by atoms with Crippen molar-refractivity contribution in [3.8, 4) is 0 Å². The molecule has 13 heavy (non-hydrogen) atoms. The molecule has 0 saturated heterocycles. The first-order valence-corrected chi connectivity index (χ1v) is 4.56. The molecule has 0 fully saturated rings. The van der Waals surface area contributed by atoms with Gasteiger partial charge in [0.05, 0.1) is 6.54 Å². The van der Waals surface area contributed by atoms with Crippen LogP contribution in [0.15, 0.2) is 19.0 Å². The summed E-state index contributed by atoms with van der Waals surface area (Å²) in [6.07, 6.45) is 4.71. The van der Waals surface area contributed by atoms with Crippen LogP contribution < -0.4 is 5.32 Å². The molecule has 4 heteroatoms. The molecule has 1 N–H and O–H groups in total. The summed E-state index contributed by atoms with van der Waals surface area (Å²) in [6.45, 7) is 8.32. The van der Waals surface area contributed by atoms with Crippen LogP contribution in [0.5, 0.6) is 0 Å². The van der Waals surface area contributed by atoms with Gasteiger partial charge in [-0.2, -0.15) is 0 Å². The fourth-order valence-corrected chi connectivity index (χ4v) is 1.13. The molecule has 72 valence electrons. The molecule has 4 nitrogen and oxygen atoms in total. The number of hydrogen-bond acceptors (Lipinski definition) is 3. The summed E-state index contributed by atoms with van der Waals surface area (Å²) >= 11 is 0. The lowest BCUT2D eigenvalue weighted by atomic mass is 10.4. The third kappa shape index (κ3) is 2.99. The zero-order valence-corrected chi connectivity index (χ0v) is 8.03. The van der Waals surface area contributed by atoms with Gasteiger partial charge in [0.2, 0.25) is 0 Å². The largest absolute Gasteiger partial charge is 0.317 e. The van der Waals surface area contributed by atoms with Gasteiger partial charge in [0.25, 0.3) is 0 Å². The Hall–Kier alpha value is -1.16. The molecular weight excluding hydrogens is 164 g/mol. The number of nitrogens with zero attached hydrogens (tertiary/aromatic N) is 3. The Kier molecular flexibility index (Phi) is 4.18. The Morgan fingerprint density at radius 1 is 1.69 bits per heavy atom. The Labute approximate surface area is 78.7 Å². The molecule has 0 aliphatic heterocycles. The zero-order chi connectivity index (χ0) is 9.52. The van der Waals surface area contributed by atoms with Crippen LogP contribution in [0.1, 0.15) is 19.2 Å². The second-order valence-corrected chi connectivity index (χ2v) is 2.86. The average Bonchev–Trinajstić information content (AvgIpc) is 2.54. The third-order valence-corrected chi connectivity index (χ3v) is 1.73. The molecule has 0 spiro atoms. The minimum Gasteiger partial charge on any atom is -0.317 e. The van der Waals surface area contributed by atoms with Crippen molar-refractivity contribution in [1.82, 2.24) is 20.1 Å². The van der Waals surface area contributed by atoms with E-state index in [1.807, 2.05) is 6.08 Å². The summed E-state index contributed by atoms with van der Waals surface area (Å²) in [4.78, 5) is 0. The minimum atomic E-state index is 0.756. The van der Waals surface area contributed by atoms with Gasteiger partial charge in [0.1, 0.15) is 12.2 Å². The summed E-state index contributed by atoms with van der Waals surface area (Å²) in [7, 11) is 0. The minimum absolute atomic E-state index is 0.756. The van der Waals surface area contributed by atoms with Crippen molar-refractivity contribution < 1.29 is 0 Å². The Bertz CT molecular complexity index is 254. The molecule has 1 aromatic rings. The van der Waals surface area contributed by atoms with Crippen LogP contribution in [-0.2, 0) is 13.1 Å². The van der Waals surface area contributed by atoms with E-state index in [1.54, 1.807) is 6.33 Å². The predicted octanol–water partition coefficient (Wildman–Crippen LogP) is 0.964. The van der Waals surface area contributed by atoms with Crippen LogP contribution in [0.3, 0.4) is 0 Å². The summed E-state index contributed by atoms with van der Waals surface area (Å²) in [6, 6.07) is 0. The quantitative estimate of drug-likeness (QED) is 0.524. The second-order valence-electron chi connectivity index (χ2n) is 2.86. The van der Waals surface area contributed by atoms with Gasteiger partial charge in [0.15, 0.2) is 0 Å². The first kappa shape index (κ1) is 9.92. The number of hydrogen-bond donors (Lipinski definition) is 1. The maximum Gasteiger partial charge on any atom is 0.146 e. The van der Waals surface area contributed by atoms with E-state index in [-0.39, 0.29) is 0 Å². The topological polar surface area (TPSA) is 42.7 Å². The molecule has 0 amide bonds. The summed E-state index contributed by atoms with van der Waals surface area (Å²) < 4.78 is 2.07. The second kappa shape index (κ2) is 5.48. The number of aryl methyl sites for hydroxylation is 1. The maximum atomic E-state index is 4.02. The van der Waals surface area contributed by atoms with Gasteiger partial charge in [0, 0.05) is 13.1 Å². The zero-order valence-electron chi connectivity index (χ0n) is 8.03. The molecule has 0 aliphatic rings. The number of rotatable bonds is 6. The van der Waals surface area contributed by atoms with Crippen molar-refractivity contribution in [3.05, 3.63) is 24.8 Å². The maximum absolute atomic E-state index is 4.02. The van der Waals surface area contributed by atoms with Gasteiger partial charge in [-0.15, -0.1) is 16.8 Å². The lowest BCUT2D eigenvalue weighted by Gasteiger charge is -2.04. The van der Waals surface area contributed by atoms with Crippen molar-refractivity contribution in [2.24, 2.45) is 0 Å². The molecule has 0 bridgehead atoms. The molecule has 0 aliphatic carbocycles. The SMILES string of the molecule is C=CCNCc1nncn1CCC. The van der Waals surface area contributed by atoms with Gasteiger partial charge in [-0.3, -0.25) is 0 Å². The molecule has 1 aromatic heterocycles. The smallest absolute Gasteiger partial charge is 0.146 e. The highest BCUT2D eigenvalue weighted by molar-refractivity contribution is 4.85. The molecule has 1 heterocycles. The fourth-order valence-electron chi connectivity index (χ4n) is 1.13. The monoisotopic (exact) mass is 180 g/mol. The summed E-state index contributed by atoms with van der Waals surface area (Å²) in [5.74, 6) is 0.990. The summed E-state index contributed by atoms with van der Waals surface area (Å²) in [5, 5.41) is 11.1. The molecule has 0 atom stereocenters. The predicted molar refractivity (Wildman–Crippen MR) is 52.2 cm³/mol. The van der Waals surface area contributed by atoms with E-state index < -0.39 is 0 Å². The van der Waals surface area contributed by atoms with E-state index in [0.29, 0.717) is 0 Å². The van der Waals surface area contributed by atoms with E-state index >= 15 is 0 Å². The molecule has 0 radical (unpaired) electrons. The van der Waals surface area contributed by atoms with Gasteiger partial charge < -0.3 is 9.88 Å². The van der Waals surface area contributed by atoms with Crippen molar-refractivity contribution in [2.75, 3.05) is 6.54 Å². The first-order valence-electron chi connectivity index (χ1n) is 4.56. The lowest BCUT2D eigenvalue weighted by molar-refractivity contribution is 0.606. The van der Waals surface area contributed by atoms with Gasteiger partial charge in [-0.05, 0) is 6.42 Å². The van der Waals surface area contributed by atoms with Crippen molar-refractivity contribution in [2.45, 2.75) is 26.4 Å². The molecule has 0 aromatic carbocycles. The molecule has 0 saturated carbocycles. The van der Waals surface area contributed by atoms with Crippen LogP contribution in [0.4, 0.5) is 0 Å². The normalized spacial score (nSPS) is 10.2. The number of nitrogens with one attached hydrogen (secondary N) is 1. The Balaban J connectivity index is 2.44. The van der Waals surface area contributed by atoms with E-state index in [4.69, 9.17) is 0 Å². The average molecular weight is 180 g/mol. The fraction of sp³-hybridized carbons (Fsp3) is 0.556.